The Morgan fingerprint density at radius 1 is 1.38 bits per heavy atom. The molecule has 16 heavy (non-hydrogen) atoms. The maximum atomic E-state index is 7.67. The van der Waals surface area contributed by atoms with Gasteiger partial charge in [-0.15, -0.1) is 0 Å². The zero-order chi connectivity index (χ0) is 11.8. The summed E-state index contributed by atoms with van der Waals surface area (Å²) in [7, 11) is 0. The molecular formula is C12H16N2O2. The summed E-state index contributed by atoms with van der Waals surface area (Å²) in [4.78, 5) is 4.48. The number of allylic oxidation sites excluding steroid dienone is 1. The van der Waals surface area contributed by atoms with E-state index in [0.29, 0.717) is 12.2 Å². The van der Waals surface area contributed by atoms with Gasteiger partial charge in [-0.1, -0.05) is 36.4 Å². The van der Waals surface area contributed by atoms with Crippen LogP contribution < -0.4 is 5.90 Å². The van der Waals surface area contributed by atoms with Crippen LogP contribution in [0, 0.1) is 5.41 Å². The van der Waals surface area contributed by atoms with Gasteiger partial charge >= 0.3 is 0 Å². The summed E-state index contributed by atoms with van der Waals surface area (Å²) in [6, 6.07) is 9.70. The zero-order valence-electron chi connectivity index (χ0n) is 9.27. The molecule has 0 saturated carbocycles. The van der Waals surface area contributed by atoms with E-state index in [0.717, 1.165) is 5.56 Å². The van der Waals surface area contributed by atoms with Crippen LogP contribution in [0.3, 0.4) is 0 Å². The smallest absolute Gasteiger partial charge is 0.211 e. The molecule has 0 bridgehead atoms. The summed E-state index contributed by atoms with van der Waals surface area (Å²) in [6.07, 6.45) is 1.75. The second-order valence-electron chi connectivity index (χ2n) is 3.23. The van der Waals surface area contributed by atoms with Crippen molar-refractivity contribution in [2.24, 2.45) is 5.90 Å². The molecule has 1 aromatic carbocycles. The first kappa shape index (κ1) is 12.4. The molecule has 0 aliphatic heterocycles. The monoisotopic (exact) mass is 220 g/mol. The third-order valence-electron chi connectivity index (χ3n) is 2.10. The Hall–Kier alpha value is -1.65. The molecule has 1 rings (SSSR count). The van der Waals surface area contributed by atoms with Gasteiger partial charge in [-0.05, 0) is 12.5 Å². The molecule has 0 unspecified atom stereocenters. The van der Waals surface area contributed by atoms with Gasteiger partial charge < -0.3 is 4.74 Å². The minimum absolute atomic E-state index is 0.0943. The van der Waals surface area contributed by atoms with Crippen molar-refractivity contribution in [1.82, 2.24) is 0 Å². The number of rotatable bonds is 5. The Bertz CT molecular complexity index is 361. The average Bonchev–Trinajstić information content (AvgIpc) is 2.34. The van der Waals surface area contributed by atoms with Crippen molar-refractivity contribution in [3.8, 4) is 0 Å². The maximum Gasteiger partial charge on any atom is 0.211 e. The number of hydrogen-bond acceptors (Lipinski definition) is 4. The van der Waals surface area contributed by atoms with Gasteiger partial charge in [-0.2, -0.15) is 0 Å². The Kier molecular flexibility index (Phi) is 5.25. The van der Waals surface area contributed by atoms with Crippen LogP contribution in [0.15, 0.2) is 42.0 Å². The van der Waals surface area contributed by atoms with Gasteiger partial charge in [-0.25, -0.2) is 5.90 Å². The summed E-state index contributed by atoms with van der Waals surface area (Å²) in [6.45, 7) is 2.38. The van der Waals surface area contributed by atoms with Gasteiger partial charge in [0.2, 0.25) is 5.90 Å². The van der Waals surface area contributed by atoms with E-state index in [-0.39, 0.29) is 12.5 Å². The van der Waals surface area contributed by atoms with Crippen molar-refractivity contribution in [1.29, 1.82) is 5.41 Å². The molecule has 0 radical (unpaired) electrons. The van der Waals surface area contributed by atoms with E-state index in [1.54, 1.807) is 6.08 Å². The summed E-state index contributed by atoms with van der Waals surface area (Å²) in [5.74, 6) is 5.05. The number of nitrogens with two attached hydrogens (primary N) is 1. The van der Waals surface area contributed by atoms with Crippen molar-refractivity contribution in [3.05, 3.63) is 47.5 Å². The third kappa shape index (κ3) is 3.84. The highest BCUT2D eigenvalue weighted by molar-refractivity contribution is 5.91. The predicted molar refractivity (Wildman–Crippen MR) is 62.9 cm³/mol. The number of hydrogen-bond donors (Lipinski definition) is 2. The highest BCUT2D eigenvalue weighted by atomic mass is 16.6. The predicted octanol–water partition coefficient (Wildman–Crippen LogP) is 2.02. The normalized spacial score (nSPS) is 11.2. The molecule has 3 N–H and O–H groups in total. The summed E-state index contributed by atoms with van der Waals surface area (Å²) in [5, 5.41) is 7.67. The summed E-state index contributed by atoms with van der Waals surface area (Å²) >= 11 is 0. The lowest BCUT2D eigenvalue weighted by Gasteiger charge is -2.09. The minimum Gasteiger partial charge on any atom is -0.473 e. The highest BCUT2D eigenvalue weighted by Crippen LogP contribution is 2.04. The van der Waals surface area contributed by atoms with Crippen LogP contribution >= 0.6 is 0 Å². The number of benzene rings is 1. The topological polar surface area (TPSA) is 68.3 Å². The van der Waals surface area contributed by atoms with Crippen LogP contribution in [-0.4, -0.2) is 12.5 Å². The molecule has 0 aliphatic carbocycles. The number of nitrogens with one attached hydrogen (secondary N) is 1. The van der Waals surface area contributed by atoms with Gasteiger partial charge in [-0.3, -0.25) is 10.2 Å². The largest absolute Gasteiger partial charge is 0.473 e. The molecule has 86 valence electrons. The van der Waals surface area contributed by atoms with Gasteiger partial charge in [0.15, 0.2) is 0 Å². The molecule has 0 heterocycles. The average molecular weight is 220 g/mol. The van der Waals surface area contributed by atoms with Gasteiger partial charge in [0.05, 0.1) is 6.61 Å². The number of ether oxygens (including phenoxy) is 1. The van der Waals surface area contributed by atoms with Gasteiger partial charge in [0, 0.05) is 5.57 Å². The molecule has 0 spiro atoms. The highest BCUT2D eigenvalue weighted by Gasteiger charge is 2.05. The molecule has 4 nitrogen and oxygen atoms in total. The Morgan fingerprint density at radius 3 is 2.62 bits per heavy atom. The quantitative estimate of drug-likeness (QED) is 0.453. The van der Waals surface area contributed by atoms with E-state index < -0.39 is 0 Å². The Morgan fingerprint density at radius 2 is 2.06 bits per heavy atom. The van der Waals surface area contributed by atoms with E-state index in [1.165, 1.54) is 0 Å². The standard InChI is InChI=1S/C12H16N2O2/c1-2-11(9-16-14)12(13)15-8-10-6-4-3-5-7-10/h2-7,13H,8-9,14H2,1H3. The van der Waals surface area contributed by atoms with Crippen molar-refractivity contribution < 1.29 is 9.57 Å². The van der Waals surface area contributed by atoms with Gasteiger partial charge in [0.25, 0.3) is 0 Å². The molecule has 0 saturated heterocycles. The zero-order valence-corrected chi connectivity index (χ0v) is 9.27. The van der Waals surface area contributed by atoms with Crippen molar-refractivity contribution in [2.45, 2.75) is 13.5 Å². The maximum absolute atomic E-state index is 7.67. The first-order chi connectivity index (χ1) is 7.77. The van der Waals surface area contributed by atoms with E-state index >= 15 is 0 Å². The third-order valence-corrected chi connectivity index (χ3v) is 2.10. The molecule has 0 aliphatic rings. The SMILES string of the molecule is CC=C(CON)C(=N)OCc1ccccc1. The minimum atomic E-state index is 0.0943. The fraction of sp³-hybridized carbons (Fsp3) is 0.250. The van der Waals surface area contributed by atoms with Crippen LogP contribution in [0.25, 0.3) is 0 Å². The van der Waals surface area contributed by atoms with Crippen molar-refractivity contribution in [3.63, 3.8) is 0 Å². The van der Waals surface area contributed by atoms with E-state index in [4.69, 9.17) is 16.0 Å². The van der Waals surface area contributed by atoms with E-state index in [2.05, 4.69) is 4.84 Å². The molecule has 0 atom stereocenters. The first-order valence-corrected chi connectivity index (χ1v) is 5.00. The van der Waals surface area contributed by atoms with Crippen molar-refractivity contribution in [2.75, 3.05) is 6.61 Å². The van der Waals surface area contributed by atoms with E-state index in [1.807, 2.05) is 37.3 Å². The summed E-state index contributed by atoms with van der Waals surface area (Å²) < 4.78 is 5.31. The molecule has 1 aromatic rings. The second-order valence-corrected chi connectivity index (χ2v) is 3.23. The Labute approximate surface area is 95.1 Å². The van der Waals surface area contributed by atoms with Crippen LogP contribution in [0.5, 0.6) is 0 Å². The second kappa shape index (κ2) is 6.76. The van der Waals surface area contributed by atoms with Crippen LogP contribution in [0.4, 0.5) is 0 Å². The van der Waals surface area contributed by atoms with Crippen LogP contribution in [-0.2, 0) is 16.2 Å². The molecule has 0 amide bonds. The molecule has 0 fully saturated rings. The summed E-state index contributed by atoms with van der Waals surface area (Å²) in [5.41, 5.74) is 1.66. The van der Waals surface area contributed by atoms with Gasteiger partial charge in [0.1, 0.15) is 6.61 Å². The fourth-order valence-electron chi connectivity index (χ4n) is 1.19. The Balaban J connectivity index is 2.46. The lowest BCUT2D eigenvalue weighted by Crippen LogP contribution is -2.14. The molecule has 0 aromatic heterocycles. The fourth-order valence-corrected chi connectivity index (χ4v) is 1.19. The van der Waals surface area contributed by atoms with E-state index in [9.17, 15) is 0 Å². The lowest BCUT2D eigenvalue weighted by atomic mass is 10.2. The lowest BCUT2D eigenvalue weighted by molar-refractivity contribution is 0.160. The first-order valence-electron chi connectivity index (χ1n) is 5.00. The van der Waals surface area contributed by atoms with Crippen LogP contribution in [0.2, 0.25) is 0 Å². The van der Waals surface area contributed by atoms with Crippen LogP contribution in [0.1, 0.15) is 12.5 Å². The molecular weight excluding hydrogens is 204 g/mol. The van der Waals surface area contributed by atoms with Crippen molar-refractivity contribution >= 4 is 5.90 Å². The molecule has 4 heteroatoms.